The number of hydrogen-bond donors (Lipinski definition) is 1. The highest BCUT2D eigenvalue weighted by atomic mass is 16.2. The van der Waals surface area contributed by atoms with Crippen LogP contribution >= 0.6 is 0 Å². The largest absolute Gasteiger partial charge is 0.339 e. The van der Waals surface area contributed by atoms with Crippen molar-refractivity contribution < 1.29 is 4.79 Å². The molecule has 0 bridgehead atoms. The van der Waals surface area contributed by atoms with Crippen LogP contribution in [0.3, 0.4) is 0 Å². The third-order valence-electron chi connectivity index (χ3n) is 4.66. The molecule has 2 aliphatic rings. The van der Waals surface area contributed by atoms with Crippen LogP contribution in [0.1, 0.15) is 45.4 Å². The van der Waals surface area contributed by atoms with E-state index in [-0.39, 0.29) is 0 Å². The normalized spacial score (nSPS) is 29.5. The van der Waals surface area contributed by atoms with Crippen molar-refractivity contribution in [2.45, 2.75) is 51.5 Å². The zero-order valence-corrected chi connectivity index (χ0v) is 12.3. The fourth-order valence-electron chi connectivity index (χ4n) is 3.52. The van der Waals surface area contributed by atoms with Crippen molar-refractivity contribution in [3.05, 3.63) is 0 Å². The Bertz CT molecular complexity index is 293. The molecule has 0 spiro atoms. The Hall–Kier alpha value is -0.610. The van der Waals surface area contributed by atoms with Crippen LogP contribution in [0, 0.1) is 5.92 Å². The van der Waals surface area contributed by atoms with Crippen molar-refractivity contribution in [2.24, 2.45) is 11.7 Å². The zero-order valence-electron chi connectivity index (χ0n) is 12.3. The summed E-state index contributed by atoms with van der Waals surface area (Å²) in [5.74, 6) is 1.03. The molecule has 19 heavy (non-hydrogen) atoms. The summed E-state index contributed by atoms with van der Waals surface area (Å²) in [4.78, 5) is 16.8. The van der Waals surface area contributed by atoms with Crippen LogP contribution < -0.4 is 5.73 Å². The summed E-state index contributed by atoms with van der Waals surface area (Å²) in [6.07, 6.45) is 7.21. The van der Waals surface area contributed by atoms with E-state index in [2.05, 4.69) is 16.7 Å². The third kappa shape index (κ3) is 4.18. The predicted molar refractivity (Wildman–Crippen MR) is 77.9 cm³/mol. The predicted octanol–water partition coefficient (Wildman–Crippen LogP) is 1.45. The first kappa shape index (κ1) is 14.8. The average Bonchev–Trinajstić information content (AvgIpc) is 2.40. The van der Waals surface area contributed by atoms with Gasteiger partial charge in [0.15, 0.2) is 0 Å². The van der Waals surface area contributed by atoms with Gasteiger partial charge in [0, 0.05) is 19.1 Å². The first-order valence-corrected chi connectivity index (χ1v) is 7.92. The zero-order chi connectivity index (χ0) is 13.7. The second kappa shape index (κ2) is 7.25. The molecule has 2 unspecified atom stereocenters. The Morgan fingerprint density at radius 1 is 1.21 bits per heavy atom. The number of nitrogens with two attached hydrogens (primary N) is 1. The fourth-order valence-corrected chi connectivity index (χ4v) is 3.52. The number of amides is 1. The minimum absolute atomic E-state index is 0.334. The Balaban J connectivity index is 1.80. The lowest BCUT2D eigenvalue weighted by molar-refractivity contribution is -0.136. The molecule has 0 aromatic rings. The Morgan fingerprint density at radius 2 is 2.05 bits per heavy atom. The molecule has 110 valence electrons. The van der Waals surface area contributed by atoms with Crippen molar-refractivity contribution in [3.63, 3.8) is 0 Å². The molecular weight excluding hydrogens is 238 g/mol. The Kier molecular flexibility index (Phi) is 5.64. The second-order valence-corrected chi connectivity index (χ2v) is 6.25. The SMILES string of the molecule is CC1CCCCN1C(=O)CN1CCCC(CCN)C1. The van der Waals surface area contributed by atoms with Gasteiger partial charge >= 0.3 is 0 Å². The van der Waals surface area contributed by atoms with Gasteiger partial charge in [0.25, 0.3) is 0 Å². The number of carbonyl (C=O) groups excluding carboxylic acids is 1. The number of nitrogens with zero attached hydrogens (tertiary/aromatic N) is 2. The highest BCUT2D eigenvalue weighted by Gasteiger charge is 2.26. The van der Waals surface area contributed by atoms with Gasteiger partial charge in [0.05, 0.1) is 6.54 Å². The van der Waals surface area contributed by atoms with Gasteiger partial charge in [-0.15, -0.1) is 0 Å². The van der Waals surface area contributed by atoms with E-state index in [1.54, 1.807) is 0 Å². The molecule has 2 saturated heterocycles. The van der Waals surface area contributed by atoms with Gasteiger partial charge in [-0.2, -0.15) is 0 Å². The van der Waals surface area contributed by atoms with E-state index in [1.807, 2.05) is 0 Å². The highest BCUT2D eigenvalue weighted by molar-refractivity contribution is 5.78. The molecule has 0 aromatic carbocycles. The van der Waals surface area contributed by atoms with Crippen molar-refractivity contribution in [2.75, 3.05) is 32.7 Å². The first-order valence-electron chi connectivity index (χ1n) is 7.92. The van der Waals surface area contributed by atoms with Crippen LogP contribution in [0.2, 0.25) is 0 Å². The molecule has 4 nitrogen and oxygen atoms in total. The van der Waals surface area contributed by atoms with E-state index in [1.165, 1.54) is 32.1 Å². The number of hydrogen-bond acceptors (Lipinski definition) is 3. The van der Waals surface area contributed by atoms with Gasteiger partial charge in [-0.1, -0.05) is 0 Å². The summed E-state index contributed by atoms with van der Waals surface area (Å²) in [7, 11) is 0. The third-order valence-corrected chi connectivity index (χ3v) is 4.66. The molecule has 2 aliphatic heterocycles. The van der Waals surface area contributed by atoms with E-state index in [9.17, 15) is 4.79 Å². The number of piperidine rings is 2. The number of carbonyl (C=O) groups is 1. The molecule has 0 aromatic heterocycles. The van der Waals surface area contributed by atoms with E-state index >= 15 is 0 Å². The quantitative estimate of drug-likeness (QED) is 0.838. The molecular formula is C15H29N3O. The number of rotatable bonds is 4. The summed E-state index contributed by atoms with van der Waals surface area (Å²) >= 11 is 0. The minimum Gasteiger partial charge on any atom is -0.339 e. The summed E-state index contributed by atoms with van der Waals surface area (Å²) < 4.78 is 0. The molecule has 2 fully saturated rings. The molecule has 0 radical (unpaired) electrons. The summed E-state index contributed by atoms with van der Waals surface area (Å²) in [5, 5.41) is 0. The van der Waals surface area contributed by atoms with Gasteiger partial charge in [-0.25, -0.2) is 0 Å². The second-order valence-electron chi connectivity index (χ2n) is 6.25. The standard InChI is InChI=1S/C15H29N3O/c1-13-5-2-3-10-18(13)15(19)12-17-9-4-6-14(11-17)7-8-16/h13-14H,2-12,16H2,1H3. The summed E-state index contributed by atoms with van der Waals surface area (Å²) in [5.41, 5.74) is 5.65. The minimum atomic E-state index is 0.334. The molecule has 0 saturated carbocycles. The van der Waals surface area contributed by atoms with Crippen LogP contribution in [0.4, 0.5) is 0 Å². The monoisotopic (exact) mass is 267 g/mol. The van der Waals surface area contributed by atoms with Crippen molar-refractivity contribution in [1.82, 2.24) is 9.80 Å². The Morgan fingerprint density at radius 3 is 2.79 bits per heavy atom. The maximum atomic E-state index is 12.4. The lowest BCUT2D eigenvalue weighted by atomic mass is 9.95. The summed E-state index contributed by atoms with van der Waals surface area (Å²) in [6, 6.07) is 0.436. The van der Waals surface area contributed by atoms with Crippen molar-refractivity contribution in [1.29, 1.82) is 0 Å². The van der Waals surface area contributed by atoms with E-state index in [0.717, 1.165) is 32.6 Å². The maximum Gasteiger partial charge on any atom is 0.236 e. The van der Waals surface area contributed by atoms with E-state index in [0.29, 0.717) is 24.4 Å². The van der Waals surface area contributed by atoms with Gasteiger partial charge in [-0.05, 0) is 64.5 Å². The van der Waals surface area contributed by atoms with Gasteiger partial charge in [0.2, 0.25) is 5.91 Å². The van der Waals surface area contributed by atoms with Crippen LogP contribution in [0.5, 0.6) is 0 Å². The Labute approximate surface area is 117 Å². The van der Waals surface area contributed by atoms with Gasteiger partial charge in [0.1, 0.15) is 0 Å². The molecule has 0 aliphatic carbocycles. The van der Waals surface area contributed by atoms with Crippen LogP contribution in [-0.2, 0) is 4.79 Å². The first-order chi connectivity index (χ1) is 9.20. The van der Waals surface area contributed by atoms with E-state index < -0.39 is 0 Å². The molecule has 2 atom stereocenters. The molecule has 2 heterocycles. The summed E-state index contributed by atoms with van der Waals surface area (Å²) in [6.45, 7) is 6.67. The molecule has 2 N–H and O–H groups in total. The van der Waals surface area contributed by atoms with Crippen LogP contribution in [0.25, 0.3) is 0 Å². The topological polar surface area (TPSA) is 49.6 Å². The fraction of sp³-hybridized carbons (Fsp3) is 0.933. The molecule has 2 rings (SSSR count). The molecule has 1 amide bonds. The lowest BCUT2D eigenvalue weighted by Crippen LogP contribution is -2.48. The highest BCUT2D eigenvalue weighted by Crippen LogP contribution is 2.20. The van der Waals surface area contributed by atoms with Crippen molar-refractivity contribution >= 4 is 5.91 Å². The van der Waals surface area contributed by atoms with Gasteiger partial charge in [-0.3, -0.25) is 9.69 Å². The van der Waals surface area contributed by atoms with Crippen LogP contribution in [0.15, 0.2) is 0 Å². The smallest absolute Gasteiger partial charge is 0.236 e. The maximum absolute atomic E-state index is 12.4. The van der Waals surface area contributed by atoms with Gasteiger partial charge < -0.3 is 10.6 Å². The van der Waals surface area contributed by atoms with Crippen LogP contribution in [-0.4, -0.2) is 54.5 Å². The molecule has 4 heteroatoms. The average molecular weight is 267 g/mol. The van der Waals surface area contributed by atoms with Crippen molar-refractivity contribution in [3.8, 4) is 0 Å². The van der Waals surface area contributed by atoms with E-state index in [4.69, 9.17) is 5.73 Å². The lowest BCUT2D eigenvalue weighted by Gasteiger charge is -2.37. The number of likely N-dealkylation sites (tertiary alicyclic amines) is 2.